The maximum Gasteiger partial charge on any atom is 0.437 e. The number of piperidine rings is 1. The lowest BCUT2D eigenvalue weighted by Crippen LogP contribution is -2.42. The van der Waals surface area contributed by atoms with Crippen molar-refractivity contribution in [2.45, 2.75) is 32.4 Å². The molecule has 8 heteroatoms. The van der Waals surface area contributed by atoms with Gasteiger partial charge in [-0.25, -0.2) is 9.97 Å². The molecule has 2 heterocycles. The predicted octanol–water partition coefficient (Wildman–Crippen LogP) is 5.07. The molecule has 0 spiro atoms. The summed E-state index contributed by atoms with van der Waals surface area (Å²) >= 11 is 0. The zero-order valence-electron chi connectivity index (χ0n) is 17.1. The van der Waals surface area contributed by atoms with Gasteiger partial charge >= 0.3 is 6.18 Å². The van der Waals surface area contributed by atoms with Crippen LogP contribution >= 0.6 is 0 Å². The van der Waals surface area contributed by atoms with E-state index in [1.807, 2.05) is 31.2 Å². The summed E-state index contributed by atoms with van der Waals surface area (Å²) in [4.78, 5) is 22.6. The minimum absolute atomic E-state index is 0.163. The van der Waals surface area contributed by atoms with Gasteiger partial charge in [-0.1, -0.05) is 37.3 Å². The van der Waals surface area contributed by atoms with Crippen LogP contribution in [0.15, 0.2) is 48.5 Å². The first-order valence-corrected chi connectivity index (χ1v) is 10.3. The molecule has 5 nitrogen and oxygen atoms in total. The average Bonchev–Trinajstić information content (AvgIpc) is 2.78. The third-order valence-electron chi connectivity index (χ3n) is 5.57. The SMILES string of the molecule is CCc1ccccc1NC(=O)[C@@H]1CCCN(c2nc3ccccc3nc2C(F)(F)F)C1. The normalized spacial score (nSPS) is 17.0. The van der Waals surface area contributed by atoms with Crippen LogP contribution in [-0.2, 0) is 17.4 Å². The Morgan fingerprint density at radius 3 is 2.48 bits per heavy atom. The van der Waals surface area contributed by atoms with E-state index in [9.17, 15) is 18.0 Å². The number of carbonyl (C=O) groups excluding carboxylic acids is 1. The maximum atomic E-state index is 13.7. The zero-order valence-corrected chi connectivity index (χ0v) is 17.1. The Balaban J connectivity index is 1.61. The second kappa shape index (κ2) is 8.53. The van der Waals surface area contributed by atoms with Crippen molar-refractivity contribution in [2.24, 2.45) is 5.92 Å². The van der Waals surface area contributed by atoms with Gasteiger partial charge in [0, 0.05) is 18.8 Å². The van der Waals surface area contributed by atoms with E-state index >= 15 is 0 Å². The van der Waals surface area contributed by atoms with Crippen molar-refractivity contribution >= 4 is 28.4 Å². The highest BCUT2D eigenvalue weighted by molar-refractivity contribution is 5.93. The lowest BCUT2D eigenvalue weighted by atomic mass is 9.96. The van der Waals surface area contributed by atoms with Crippen molar-refractivity contribution in [3.05, 3.63) is 59.8 Å². The van der Waals surface area contributed by atoms with Crippen LogP contribution in [0.25, 0.3) is 11.0 Å². The summed E-state index contributed by atoms with van der Waals surface area (Å²) in [6.07, 6.45) is -2.66. The number of aryl methyl sites for hydroxylation is 1. The van der Waals surface area contributed by atoms with Gasteiger partial charge in [-0.3, -0.25) is 4.79 Å². The van der Waals surface area contributed by atoms with Crippen LogP contribution < -0.4 is 10.2 Å². The van der Waals surface area contributed by atoms with Gasteiger partial charge in [0.2, 0.25) is 5.91 Å². The first-order valence-electron chi connectivity index (χ1n) is 10.3. The molecule has 1 fully saturated rings. The Kier molecular flexibility index (Phi) is 5.80. The molecule has 1 aliphatic heterocycles. The van der Waals surface area contributed by atoms with E-state index in [0.717, 1.165) is 17.7 Å². The van der Waals surface area contributed by atoms with E-state index in [1.54, 1.807) is 23.1 Å². The lowest BCUT2D eigenvalue weighted by molar-refractivity contribution is -0.140. The minimum atomic E-state index is -4.64. The highest BCUT2D eigenvalue weighted by Crippen LogP contribution is 2.36. The second-order valence-corrected chi connectivity index (χ2v) is 7.67. The van der Waals surface area contributed by atoms with Crippen molar-refractivity contribution < 1.29 is 18.0 Å². The first-order chi connectivity index (χ1) is 14.9. The fourth-order valence-electron chi connectivity index (χ4n) is 3.97. The predicted molar refractivity (Wildman–Crippen MR) is 114 cm³/mol. The number of nitrogens with zero attached hydrogens (tertiary/aromatic N) is 3. The number of rotatable bonds is 4. The van der Waals surface area contributed by atoms with Crippen LogP contribution in [0.3, 0.4) is 0 Å². The van der Waals surface area contributed by atoms with Crippen LogP contribution in [-0.4, -0.2) is 29.0 Å². The van der Waals surface area contributed by atoms with Gasteiger partial charge in [-0.05, 0) is 43.0 Å². The molecule has 31 heavy (non-hydrogen) atoms. The van der Waals surface area contributed by atoms with E-state index in [4.69, 9.17) is 0 Å². The van der Waals surface area contributed by atoms with Gasteiger partial charge < -0.3 is 10.2 Å². The molecule has 162 valence electrons. The summed E-state index contributed by atoms with van der Waals surface area (Å²) in [5.74, 6) is -0.835. The fraction of sp³-hybridized carbons (Fsp3) is 0.348. The number of carbonyl (C=O) groups is 1. The third-order valence-corrected chi connectivity index (χ3v) is 5.57. The molecule has 2 aromatic carbocycles. The minimum Gasteiger partial charge on any atom is -0.354 e. The number of benzene rings is 2. The monoisotopic (exact) mass is 428 g/mol. The van der Waals surface area contributed by atoms with E-state index in [2.05, 4.69) is 15.3 Å². The topological polar surface area (TPSA) is 58.1 Å². The molecule has 0 saturated carbocycles. The highest BCUT2D eigenvalue weighted by Gasteiger charge is 2.40. The number of alkyl halides is 3. The average molecular weight is 428 g/mol. The van der Waals surface area contributed by atoms with E-state index in [1.165, 1.54) is 6.07 Å². The number of hydrogen-bond acceptors (Lipinski definition) is 4. The number of nitrogens with one attached hydrogen (secondary N) is 1. The van der Waals surface area contributed by atoms with Gasteiger partial charge in [-0.15, -0.1) is 0 Å². The summed E-state index contributed by atoms with van der Waals surface area (Å²) in [5, 5.41) is 2.95. The molecule has 1 aromatic heterocycles. The Morgan fingerprint density at radius 1 is 1.10 bits per heavy atom. The van der Waals surface area contributed by atoms with Crippen LogP contribution in [0.1, 0.15) is 31.0 Å². The molecule has 1 saturated heterocycles. The molecule has 3 aromatic rings. The first kappa shape index (κ1) is 21.1. The molecular weight excluding hydrogens is 405 g/mol. The van der Waals surface area contributed by atoms with Crippen molar-refractivity contribution in [2.75, 3.05) is 23.3 Å². The van der Waals surface area contributed by atoms with Crippen molar-refractivity contribution in [1.29, 1.82) is 0 Å². The van der Waals surface area contributed by atoms with E-state index in [-0.39, 0.29) is 23.8 Å². The van der Waals surface area contributed by atoms with Crippen LogP contribution in [0.4, 0.5) is 24.7 Å². The number of para-hydroxylation sites is 3. The molecule has 4 rings (SSSR count). The molecule has 0 radical (unpaired) electrons. The largest absolute Gasteiger partial charge is 0.437 e. The van der Waals surface area contributed by atoms with Crippen molar-refractivity contribution in [1.82, 2.24) is 9.97 Å². The van der Waals surface area contributed by atoms with Crippen molar-refractivity contribution in [3.8, 4) is 0 Å². The molecule has 1 atom stereocenters. The number of hydrogen-bond donors (Lipinski definition) is 1. The summed E-state index contributed by atoms with van der Waals surface area (Å²) < 4.78 is 41.2. The number of anilines is 2. The van der Waals surface area contributed by atoms with Gasteiger partial charge in [0.25, 0.3) is 0 Å². The molecular formula is C23H23F3N4O. The quantitative estimate of drug-likeness (QED) is 0.631. The second-order valence-electron chi connectivity index (χ2n) is 7.67. The van der Waals surface area contributed by atoms with Gasteiger partial charge in [0.15, 0.2) is 11.5 Å². The third kappa shape index (κ3) is 4.47. The number of amides is 1. The van der Waals surface area contributed by atoms with E-state index in [0.29, 0.717) is 24.9 Å². The smallest absolute Gasteiger partial charge is 0.354 e. The summed E-state index contributed by atoms with van der Waals surface area (Å²) in [5.41, 5.74) is 1.34. The fourth-order valence-corrected chi connectivity index (χ4v) is 3.97. The lowest BCUT2D eigenvalue weighted by Gasteiger charge is -2.34. The molecule has 1 aliphatic rings. The summed E-state index contributed by atoms with van der Waals surface area (Å²) in [6, 6.07) is 14.0. The molecule has 0 bridgehead atoms. The molecule has 0 unspecified atom stereocenters. The van der Waals surface area contributed by atoms with Crippen LogP contribution in [0, 0.1) is 5.92 Å². The molecule has 0 aliphatic carbocycles. The number of halogens is 3. The Labute approximate surface area is 178 Å². The number of aromatic nitrogens is 2. The highest BCUT2D eigenvalue weighted by atomic mass is 19.4. The molecule has 1 amide bonds. The summed E-state index contributed by atoms with van der Waals surface area (Å²) in [7, 11) is 0. The van der Waals surface area contributed by atoms with Gasteiger partial charge in [0.1, 0.15) is 0 Å². The van der Waals surface area contributed by atoms with Crippen molar-refractivity contribution in [3.63, 3.8) is 0 Å². The van der Waals surface area contributed by atoms with Crippen LogP contribution in [0.2, 0.25) is 0 Å². The van der Waals surface area contributed by atoms with E-state index < -0.39 is 17.8 Å². The van der Waals surface area contributed by atoms with Gasteiger partial charge in [-0.2, -0.15) is 13.2 Å². The zero-order chi connectivity index (χ0) is 22.0. The molecule has 1 N–H and O–H groups in total. The number of fused-ring (bicyclic) bond motifs is 1. The maximum absolute atomic E-state index is 13.7. The standard InChI is InChI=1S/C23H23F3N4O/c1-2-15-8-3-4-10-17(15)29-22(31)16-9-7-13-30(14-16)21-20(23(24,25)26)27-18-11-5-6-12-19(18)28-21/h3-6,8,10-12,16H,2,7,9,13-14H2,1H3,(H,29,31)/t16-/m1/s1. The van der Waals surface area contributed by atoms with Crippen LogP contribution in [0.5, 0.6) is 0 Å². The van der Waals surface area contributed by atoms with Gasteiger partial charge in [0.05, 0.1) is 17.0 Å². The summed E-state index contributed by atoms with van der Waals surface area (Å²) in [6.45, 7) is 2.56. The Bertz CT molecular complexity index is 1100. The Hall–Kier alpha value is -3.16. The Morgan fingerprint density at radius 2 is 1.77 bits per heavy atom.